The number of aliphatic hydroxyl groups excluding tert-OH is 1. The van der Waals surface area contributed by atoms with Gasteiger partial charge in [-0.1, -0.05) is 0 Å². The Hall–Kier alpha value is -1.46. The Balaban J connectivity index is 1.95. The van der Waals surface area contributed by atoms with Crippen LogP contribution in [0.2, 0.25) is 0 Å². The van der Waals surface area contributed by atoms with Gasteiger partial charge in [-0.3, -0.25) is 4.79 Å². The number of hydrogen-bond donors (Lipinski definition) is 2. The van der Waals surface area contributed by atoms with Crippen LogP contribution in [0, 0.1) is 5.92 Å². The summed E-state index contributed by atoms with van der Waals surface area (Å²) < 4.78 is 0. The third-order valence-corrected chi connectivity index (χ3v) is 3.97. The van der Waals surface area contributed by atoms with Crippen molar-refractivity contribution in [2.24, 2.45) is 5.92 Å². The normalized spacial score (nSPS) is 18.7. The molecule has 0 unspecified atom stereocenters. The quantitative estimate of drug-likeness (QED) is 0.661. The molecule has 5 heteroatoms. The van der Waals surface area contributed by atoms with Crippen molar-refractivity contribution in [3.05, 3.63) is 29.8 Å². The molecule has 2 rings (SSSR count). The number of rotatable bonds is 3. The molecule has 108 valence electrons. The van der Waals surface area contributed by atoms with E-state index in [9.17, 15) is 9.90 Å². The highest BCUT2D eigenvalue weighted by molar-refractivity contribution is 7.80. The van der Waals surface area contributed by atoms with Gasteiger partial charge < -0.3 is 15.3 Å². The number of ketones is 1. The lowest BCUT2D eigenvalue weighted by Crippen LogP contribution is -2.43. The summed E-state index contributed by atoms with van der Waals surface area (Å²) in [4.78, 5) is 13.3. The Morgan fingerprint density at radius 2 is 2.15 bits per heavy atom. The zero-order valence-corrected chi connectivity index (χ0v) is 12.4. The van der Waals surface area contributed by atoms with E-state index < -0.39 is 0 Å². The number of Topliss-reactive ketones (excluding diaryl/α,β-unsaturated/α-hetero) is 1. The number of hydrogen-bond acceptors (Lipinski definition) is 3. The van der Waals surface area contributed by atoms with Crippen LogP contribution in [0.25, 0.3) is 0 Å². The molecule has 0 spiro atoms. The van der Waals surface area contributed by atoms with Crippen molar-refractivity contribution in [2.75, 3.05) is 25.0 Å². The fraction of sp³-hybridized carbons (Fsp3) is 0.467. The number of aliphatic hydroxyl groups is 1. The van der Waals surface area contributed by atoms with E-state index in [0.717, 1.165) is 31.6 Å². The summed E-state index contributed by atoms with van der Waals surface area (Å²) in [5, 5.41) is 13.1. The second kappa shape index (κ2) is 6.81. The summed E-state index contributed by atoms with van der Waals surface area (Å²) in [5.41, 5.74) is 1.57. The predicted octanol–water partition coefficient (Wildman–Crippen LogP) is 2.29. The predicted molar refractivity (Wildman–Crippen MR) is 84.1 cm³/mol. The molecule has 1 aliphatic rings. The van der Waals surface area contributed by atoms with Crippen LogP contribution in [0.3, 0.4) is 0 Å². The molecular formula is C15H20N2O2S. The van der Waals surface area contributed by atoms with Gasteiger partial charge in [-0.15, -0.1) is 0 Å². The highest BCUT2D eigenvalue weighted by Crippen LogP contribution is 2.17. The molecule has 0 amide bonds. The molecule has 1 aromatic rings. The average Bonchev–Trinajstić information content (AvgIpc) is 2.47. The van der Waals surface area contributed by atoms with Gasteiger partial charge >= 0.3 is 0 Å². The molecule has 1 aromatic carbocycles. The Bertz CT molecular complexity index is 487. The Kier molecular flexibility index (Phi) is 5.09. The second-order valence-electron chi connectivity index (χ2n) is 5.20. The van der Waals surface area contributed by atoms with Gasteiger partial charge in [0.15, 0.2) is 10.9 Å². The molecule has 1 aliphatic heterocycles. The lowest BCUT2D eigenvalue weighted by atomic mass is 9.99. The molecule has 0 bridgehead atoms. The molecule has 0 aromatic heterocycles. The Morgan fingerprint density at radius 3 is 2.75 bits per heavy atom. The van der Waals surface area contributed by atoms with E-state index in [1.807, 2.05) is 12.1 Å². The van der Waals surface area contributed by atoms with Crippen LogP contribution in [0.4, 0.5) is 5.69 Å². The van der Waals surface area contributed by atoms with E-state index in [4.69, 9.17) is 12.2 Å². The Morgan fingerprint density at radius 1 is 1.45 bits per heavy atom. The number of benzene rings is 1. The van der Waals surface area contributed by atoms with Gasteiger partial charge in [0.1, 0.15) is 0 Å². The molecule has 2 N–H and O–H groups in total. The monoisotopic (exact) mass is 292 g/mol. The van der Waals surface area contributed by atoms with Crippen LogP contribution in [0.5, 0.6) is 0 Å². The summed E-state index contributed by atoms with van der Waals surface area (Å²) in [6.07, 6.45) is 2.11. The van der Waals surface area contributed by atoms with Gasteiger partial charge in [-0.05, 0) is 62.2 Å². The minimum absolute atomic E-state index is 0.0564. The van der Waals surface area contributed by atoms with E-state index in [2.05, 4.69) is 10.2 Å². The van der Waals surface area contributed by atoms with Gasteiger partial charge in [-0.2, -0.15) is 0 Å². The number of carbonyl (C=O) groups excluding carboxylic acids is 1. The van der Waals surface area contributed by atoms with Gasteiger partial charge in [0, 0.05) is 30.9 Å². The fourth-order valence-corrected chi connectivity index (χ4v) is 2.67. The van der Waals surface area contributed by atoms with Crippen molar-refractivity contribution in [3.63, 3.8) is 0 Å². The lowest BCUT2D eigenvalue weighted by Gasteiger charge is -2.33. The maximum absolute atomic E-state index is 11.2. The number of anilines is 1. The molecular weight excluding hydrogens is 272 g/mol. The van der Waals surface area contributed by atoms with Crippen LogP contribution in [0.1, 0.15) is 30.1 Å². The maximum Gasteiger partial charge on any atom is 0.173 e. The number of thiocarbonyl (C=S) groups is 1. The van der Waals surface area contributed by atoms with E-state index in [1.165, 1.54) is 0 Å². The van der Waals surface area contributed by atoms with Crippen molar-refractivity contribution < 1.29 is 9.90 Å². The SMILES string of the molecule is CC(=O)c1ccc(NC(=S)N2CCC[C@H](CO)C2)cc1. The van der Waals surface area contributed by atoms with Gasteiger partial charge in [-0.25, -0.2) is 0 Å². The van der Waals surface area contributed by atoms with E-state index in [-0.39, 0.29) is 12.4 Å². The first-order valence-corrected chi connectivity index (χ1v) is 7.28. The van der Waals surface area contributed by atoms with E-state index in [1.54, 1.807) is 19.1 Å². The van der Waals surface area contributed by atoms with Crippen LogP contribution >= 0.6 is 12.2 Å². The first-order valence-electron chi connectivity index (χ1n) is 6.88. The van der Waals surface area contributed by atoms with Gasteiger partial charge in [0.2, 0.25) is 0 Å². The fourth-order valence-electron chi connectivity index (χ4n) is 2.39. The van der Waals surface area contributed by atoms with Crippen molar-refractivity contribution >= 4 is 28.8 Å². The van der Waals surface area contributed by atoms with Crippen molar-refractivity contribution in [2.45, 2.75) is 19.8 Å². The maximum atomic E-state index is 11.2. The summed E-state index contributed by atoms with van der Waals surface area (Å²) >= 11 is 5.41. The second-order valence-corrected chi connectivity index (χ2v) is 5.59. The summed E-state index contributed by atoms with van der Waals surface area (Å²) in [5.74, 6) is 0.365. The molecule has 20 heavy (non-hydrogen) atoms. The number of carbonyl (C=O) groups is 1. The molecule has 1 fully saturated rings. The van der Waals surface area contributed by atoms with Crippen molar-refractivity contribution in [1.82, 2.24) is 4.90 Å². The standard InChI is InChI=1S/C15H20N2O2S/c1-11(19)13-4-6-14(7-5-13)16-15(20)17-8-2-3-12(9-17)10-18/h4-7,12,18H,2-3,8-10H2,1H3,(H,16,20)/t12-/m0/s1. The summed E-state index contributed by atoms with van der Waals surface area (Å²) in [6.45, 7) is 3.49. The van der Waals surface area contributed by atoms with E-state index >= 15 is 0 Å². The Labute approximate surface area is 124 Å². The minimum Gasteiger partial charge on any atom is -0.396 e. The average molecular weight is 292 g/mol. The largest absolute Gasteiger partial charge is 0.396 e. The lowest BCUT2D eigenvalue weighted by molar-refractivity contribution is 0.101. The zero-order valence-electron chi connectivity index (χ0n) is 11.6. The summed E-state index contributed by atoms with van der Waals surface area (Å²) in [7, 11) is 0. The van der Waals surface area contributed by atoms with Crippen LogP contribution < -0.4 is 5.32 Å². The van der Waals surface area contributed by atoms with Gasteiger partial charge in [0.05, 0.1) is 0 Å². The highest BCUT2D eigenvalue weighted by atomic mass is 32.1. The van der Waals surface area contributed by atoms with Crippen LogP contribution in [-0.4, -0.2) is 40.6 Å². The molecule has 1 saturated heterocycles. The molecule has 1 atom stereocenters. The molecule has 1 heterocycles. The van der Waals surface area contributed by atoms with Crippen LogP contribution in [0.15, 0.2) is 24.3 Å². The van der Waals surface area contributed by atoms with Crippen molar-refractivity contribution in [3.8, 4) is 0 Å². The first-order chi connectivity index (χ1) is 9.60. The minimum atomic E-state index is 0.0564. The number of likely N-dealkylation sites (tertiary alicyclic amines) is 1. The summed E-state index contributed by atoms with van der Waals surface area (Å²) in [6, 6.07) is 7.30. The molecule has 0 aliphatic carbocycles. The zero-order chi connectivity index (χ0) is 14.5. The topological polar surface area (TPSA) is 52.6 Å². The smallest absolute Gasteiger partial charge is 0.173 e. The first kappa shape index (κ1) is 14.9. The number of piperidine rings is 1. The number of nitrogens with zero attached hydrogens (tertiary/aromatic N) is 1. The number of nitrogens with one attached hydrogen (secondary N) is 1. The van der Waals surface area contributed by atoms with Crippen LogP contribution in [-0.2, 0) is 0 Å². The molecule has 4 nitrogen and oxygen atoms in total. The third kappa shape index (κ3) is 3.77. The van der Waals surface area contributed by atoms with Crippen molar-refractivity contribution in [1.29, 1.82) is 0 Å². The molecule has 0 radical (unpaired) electrons. The molecule has 0 saturated carbocycles. The third-order valence-electron chi connectivity index (χ3n) is 3.61. The highest BCUT2D eigenvalue weighted by Gasteiger charge is 2.20. The van der Waals surface area contributed by atoms with Gasteiger partial charge in [0.25, 0.3) is 0 Å². The van der Waals surface area contributed by atoms with E-state index in [0.29, 0.717) is 16.6 Å².